The van der Waals surface area contributed by atoms with Gasteiger partial charge >= 0.3 is 5.97 Å². The SMILES string of the molecule is COC(=O)[C@@H](C)C[C@H](C)c1ccccc1. The Morgan fingerprint density at radius 2 is 1.87 bits per heavy atom. The minimum atomic E-state index is -0.127. The Morgan fingerprint density at radius 3 is 2.40 bits per heavy atom. The van der Waals surface area contributed by atoms with Crippen LogP contribution >= 0.6 is 0 Å². The van der Waals surface area contributed by atoms with Crippen LogP contribution in [0, 0.1) is 5.92 Å². The minimum Gasteiger partial charge on any atom is -0.469 e. The van der Waals surface area contributed by atoms with E-state index < -0.39 is 0 Å². The molecule has 2 atom stereocenters. The number of hydrogen-bond donors (Lipinski definition) is 0. The summed E-state index contributed by atoms with van der Waals surface area (Å²) in [6.07, 6.45) is 0.830. The quantitative estimate of drug-likeness (QED) is 0.708. The number of carbonyl (C=O) groups excluding carboxylic acids is 1. The molecule has 0 aliphatic heterocycles. The van der Waals surface area contributed by atoms with Crippen LogP contribution < -0.4 is 0 Å². The first kappa shape index (κ1) is 11.8. The van der Waals surface area contributed by atoms with Crippen molar-refractivity contribution in [3.05, 3.63) is 35.9 Å². The third kappa shape index (κ3) is 3.39. The van der Waals surface area contributed by atoms with Crippen molar-refractivity contribution in [3.63, 3.8) is 0 Å². The van der Waals surface area contributed by atoms with Crippen LogP contribution in [-0.4, -0.2) is 13.1 Å². The van der Waals surface area contributed by atoms with Crippen LogP contribution in [0.25, 0.3) is 0 Å². The highest BCUT2D eigenvalue weighted by atomic mass is 16.5. The van der Waals surface area contributed by atoms with Gasteiger partial charge in [-0.3, -0.25) is 4.79 Å². The van der Waals surface area contributed by atoms with Gasteiger partial charge in [-0.15, -0.1) is 0 Å². The maximum Gasteiger partial charge on any atom is 0.308 e. The van der Waals surface area contributed by atoms with Gasteiger partial charge in [-0.25, -0.2) is 0 Å². The van der Waals surface area contributed by atoms with Crippen LogP contribution in [0.4, 0.5) is 0 Å². The summed E-state index contributed by atoms with van der Waals surface area (Å²) in [5.41, 5.74) is 1.27. The van der Waals surface area contributed by atoms with Crippen molar-refractivity contribution in [3.8, 4) is 0 Å². The fourth-order valence-electron chi connectivity index (χ4n) is 1.75. The molecular weight excluding hydrogens is 188 g/mol. The Kier molecular flexibility index (Phi) is 4.35. The van der Waals surface area contributed by atoms with E-state index in [0.29, 0.717) is 5.92 Å². The Hall–Kier alpha value is -1.31. The van der Waals surface area contributed by atoms with Crippen molar-refractivity contribution < 1.29 is 9.53 Å². The molecule has 0 spiro atoms. The first-order chi connectivity index (χ1) is 7.15. The summed E-state index contributed by atoms with van der Waals surface area (Å²) in [6.45, 7) is 4.04. The highest BCUT2D eigenvalue weighted by molar-refractivity contribution is 5.71. The summed E-state index contributed by atoms with van der Waals surface area (Å²) >= 11 is 0. The lowest BCUT2D eigenvalue weighted by molar-refractivity contribution is -0.145. The van der Waals surface area contributed by atoms with Gasteiger partial charge in [-0.1, -0.05) is 44.2 Å². The fourth-order valence-corrected chi connectivity index (χ4v) is 1.75. The van der Waals surface area contributed by atoms with Crippen LogP contribution in [0.2, 0.25) is 0 Å². The number of hydrogen-bond acceptors (Lipinski definition) is 2. The second kappa shape index (κ2) is 5.54. The number of esters is 1. The topological polar surface area (TPSA) is 26.3 Å². The smallest absolute Gasteiger partial charge is 0.308 e. The number of carbonyl (C=O) groups is 1. The molecule has 0 fully saturated rings. The number of benzene rings is 1. The Balaban J connectivity index is 2.56. The normalized spacial score (nSPS) is 14.3. The molecule has 0 heterocycles. The number of ether oxygens (including phenoxy) is 1. The molecule has 82 valence electrons. The van der Waals surface area contributed by atoms with E-state index >= 15 is 0 Å². The van der Waals surface area contributed by atoms with E-state index in [-0.39, 0.29) is 11.9 Å². The number of methoxy groups -OCH3 is 1. The molecule has 2 heteroatoms. The molecule has 0 N–H and O–H groups in total. The Labute approximate surface area is 91.3 Å². The zero-order valence-electron chi connectivity index (χ0n) is 9.57. The lowest BCUT2D eigenvalue weighted by atomic mass is 9.91. The zero-order valence-corrected chi connectivity index (χ0v) is 9.57. The molecule has 0 aliphatic carbocycles. The average Bonchev–Trinajstić information content (AvgIpc) is 2.29. The summed E-state index contributed by atoms with van der Waals surface area (Å²) in [5, 5.41) is 0. The van der Waals surface area contributed by atoms with Gasteiger partial charge < -0.3 is 4.74 Å². The molecule has 0 aliphatic rings. The lowest BCUT2D eigenvalue weighted by Gasteiger charge is -2.15. The predicted molar refractivity (Wildman–Crippen MR) is 60.7 cm³/mol. The molecule has 15 heavy (non-hydrogen) atoms. The van der Waals surface area contributed by atoms with Crippen LogP contribution in [0.1, 0.15) is 31.7 Å². The molecule has 0 amide bonds. The van der Waals surface area contributed by atoms with Crippen molar-refractivity contribution >= 4 is 5.97 Å². The van der Waals surface area contributed by atoms with Crippen molar-refractivity contribution in [1.29, 1.82) is 0 Å². The molecule has 0 radical (unpaired) electrons. The molecule has 0 bridgehead atoms. The standard InChI is InChI=1S/C13H18O2/c1-10(9-11(2)13(14)15-3)12-7-5-4-6-8-12/h4-8,10-11H,9H2,1-3H3/t10-,11-/m0/s1. The first-order valence-electron chi connectivity index (χ1n) is 5.28. The Bertz CT molecular complexity index is 306. The monoisotopic (exact) mass is 206 g/mol. The van der Waals surface area contributed by atoms with Crippen molar-refractivity contribution in [1.82, 2.24) is 0 Å². The summed E-state index contributed by atoms with van der Waals surface area (Å²) < 4.78 is 4.71. The van der Waals surface area contributed by atoms with Gasteiger partial charge in [0.05, 0.1) is 13.0 Å². The molecule has 2 nitrogen and oxygen atoms in total. The Morgan fingerprint density at radius 1 is 1.27 bits per heavy atom. The van der Waals surface area contributed by atoms with Crippen LogP contribution in [0.5, 0.6) is 0 Å². The zero-order chi connectivity index (χ0) is 11.3. The molecule has 0 aromatic heterocycles. The summed E-state index contributed by atoms with van der Waals surface area (Å²) in [6, 6.07) is 10.2. The second-order valence-corrected chi connectivity index (χ2v) is 3.97. The van der Waals surface area contributed by atoms with E-state index in [9.17, 15) is 4.79 Å². The molecular formula is C13H18O2. The highest BCUT2D eigenvalue weighted by Gasteiger charge is 2.17. The van der Waals surface area contributed by atoms with Gasteiger partial charge in [0, 0.05) is 0 Å². The van der Waals surface area contributed by atoms with E-state index in [1.807, 2.05) is 25.1 Å². The van der Waals surface area contributed by atoms with Gasteiger partial charge in [0.2, 0.25) is 0 Å². The molecule has 1 aromatic carbocycles. The van der Waals surface area contributed by atoms with Gasteiger partial charge in [-0.05, 0) is 17.9 Å². The molecule has 1 rings (SSSR count). The maximum atomic E-state index is 11.3. The van der Waals surface area contributed by atoms with Gasteiger partial charge in [0.15, 0.2) is 0 Å². The second-order valence-electron chi connectivity index (χ2n) is 3.97. The average molecular weight is 206 g/mol. The third-order valence-corrected chi connectivity index (χ3v) is 2.68. The maximum absolute atomic E-state index is 11.3. The summed E-state index contributed by atoms with van der Waals surface area (Å²) in [5.74, 6) is 0.225. The van der Waals surface area contributed by atoms with E-state index in [0.717, 1.165) is 6.42 Å². The molecule has 0 unspecified atom stereocenters. The number of rotatable bonds is 4. The van der Waals surface area contributed by atoms with Crippen LogP contribution in [0.3, 0.4) is 0 Å². The van der Waals surface area contributed by atoms with Gasteiger partial charge in [0.1, 0.15) is 0 Å². The predicted octanol–water partition coefficient (Wildman–Crippen LogP) is 2.99. The van der Waals surface area contributed by atoms with Gasteiger partial charge in [0.25, 0.3) is 0 Å². The van der Waals surface area contributed by atoms with E-state index in [2.05, 4.69) is 19.1 Å². The molecule has 0 saturated carbocycles. The molecule has 0 saturated heterocycles. The minimum absolute atomic E-state index is 0.0368. The van der Waals surface area contributed by atoms with Crippen LogP contribution in [-0.2, 0) is 9.53 Å². The summed E-state index contributed by atoms with van der Waals surface area (Å²) in [7, 11) is 1.44. The third-order valence-electron chi connectivity index (χ3n) is 2.68. The van der Waals surface area contributed by atoms with Crippen molar-refractivity contribution in [2.45, 2.75) is 26.2 Å². The summed E-state index contributed by atoms with van der Waals surface area (Å²) in [4.78, 5) is 11.3. The fraction of sp³-hybridized carbons (Fsp3) is 0.462. The van der Waals surface area contributed by atoms with Crippen molar-refractivity contribution in [2.75, 3.05) is 7.11 Å². The van der Waals surface area contributed by atoms with Crippen molar-refractivity contribution in [2.24, 2.45) is 5.92 Å². The largest absolute Gasteiger partial charge is 0.469 e. The van der Waals surface area contributed by atoms with E-state index in [1.165, 1.54) is 12.7 Å². The lowest BCUT2D eigenvalue weighted by Crippen LogP contribution is -2.15. The highest BCUT2D eigenvalue weighted by Crippen LogP contribution is 2.23. The van der Waals surface area contributed by atoms with E-state index in [4.69, 9.17) is 4.74 Å². The van der Waals surface area contributed by atoms with Crippen LogP contribution in [0.15, 0.2) is 30.3 Å². The molecule has 1 aromatic rings. The van der Waals surface area contributed by atoms with E-state index in [1.54, 1.807) is 0 Å². The first-order valence-corrected chi connectivity index (χ1v) is 5.28. The van der Waals surface area contributed by atoms with Gasteiger partial charge in [-0.2, -0.15) is 0 Å².